The van der Waals surface area contributed by atoms with E-state index in [1.165, 1.54) is 104 Å². The Morgan fingerprint density at radius 2 is 1.08 bits per heavy atom. The van der Waals surface area contributed by atoms with E-state index < -0.39 is 0 Å². The van der Waals surface area contributed by atoms with Crippen LogP contribution in [0.3, 0.4) is 0 Å². The Morgan fingerprint density at radius 1 is 0.435 bits per heavy atom. The molecule has 0 N–H and O–H groups in total. The molecule has 0 saturated heterocycles. The molecule has 9 aromatic carbocycles. The summed E-state index contributed by atoms with van der Waals surface area (Å²) in [6.07, 6.45) is 4.93. The van der Waals surface area contributed by atoms with E-state index in [1.807, 2.05) is 0 Å². The first-order valence-electron chi connectivity index (χ1n) is 22.3. The number of hydrogen-bond acceptors (Lipinski definition) is 2. The Kier molecular flexibility index (Phi) is 7.56. The maximum absolute atomic E-state index is 6.60. The molecule has 2 nitrogen and oxygen atoms in total. The molecule has 296 valence electrons. The highest BCUT2D eigenvalue weighted by Crippen LogP contribution is 2.58. The summed E-state index contributed by atoms with van der Waals surface area (Å²) in [6, 6.07) is 70.1. The van der Waals surface area contributed by atoms with Crippen molar-refractivity contribution in [3.8, 4) is 44.5 Å². The van der Waals surface area contributed by atoms with Crippen LogP contribution in [0.2, 0.25) is 0 Å². The summed E-state index contributed by atoms with van der Waals surface area (Å²) >= 11 is 0. The molecule has 13 rings (SSSR count). The SMILES string of the molecule is CC1(C)c2ccccc2-c2cccc(-c3cccc(N(c4ccc(-c5cccc6oc7c8ccccc8ccc7c56)cc4)c4ccc5c(c4)C4(CCCC4)c4ccccc4-5)c3)c21. The molecule has 3 aliphatic rings. The molecule has 1 aromatic heterocycles. The largest absolute Gasteiger partial charge is 0.455 e. The van der Waals surface area contributed by atoms with Gasteiger partial charge in [0, 0.05) is 44.1 Å². The van der Waals surface area contributed by atoms with Gasteiger partial charge in [0.1, 0.15) is 11.2 Å². The standard InChI is InChI=1S/C60H45NO/c1-59(2)52-23-7-5-19-48(52)50-22-12-21-45(57(50)59)40-15-11-16-42(36-40)61(43-31-33-49-47-18-6-8-24-53(47)60(54(49)37-43)34-9-10-35-60)41-29-26-39(27-30-41)44-20-13-25-55-56(44)51-32-28-38-14-3-4-17-46(38)58(51)62-55/h3-8,11-33,36-37H,9-10,34-35H2,1-2H3. The van der Waals surface area contributed by atoms with E-state index in [9.17, 15) is 0 Å². The van der Waals surface area contributed by atoms with E-state index in [1.54, 1.807) is 0 Å². The lowest BCUT2D eigenvalue weighted by molar-refractivity contribution is 0.550. The smallest absolute Gasteiger partial charge is 0.143 e. The van der Waals surface area contributed by atoms with Gasteiger partial charge in [-0.2, -0.15) is 0 Å². The van der Waals surface area contributed by atoms with Crippen molar-refractivity contribution in [1.82, 2.24) is 0 Å². The minimum Gasteiger partial charge on any atom is -0.455 e. The predicted molar refractivity (Wildman–Crippen MR) is 259 cm³/mol. The highest BCUT2D eigenvalue weighted by Gasteiger charge is 2.45. The molecule has 3 aliphatic carbocycles. The van der Waals surface area contributed by atoms with Gasteiger partial charge in [0.05, 0.1) is 0 Å². The number of hydrogen-bond donors (Lipinski definition) is 0. The van der Waals surface area contributed by atoms with Crippen LogP contribution in [-0.4, -0.2) is 0 Å². The quantitative estimate of drug-likeness (QED) is 0.173. The molecule has 1 heterocycles. The van der Waals surface area contributed by atoms with Crippen LogP contribution in [0, 0.1) is 0 Å². The lowest BCUT2D eigenvalue weighted by Crippen LogP contribution is -2.21. The second-order valence-corrected chi connectivity index (χ2v) is 18.3. The third kappa shape index (κ3) is 4.98. The molecule has 0 aliphatic heterocycles. The minimum absolute atomic E-state index is 0.0713. The Balaban J connectivity index is 0.975. The summed E-state index contributed by atoms with van der Waals surface area (Å²) in [7, 11) is 0. The topological polar surface area (TPSA) is 16.4 Å². The van der Waals surface area contributed by atoms with Gasteiger partial charge >= 0.3 is 0 Å². The maximum Gasteiger partial charge on any atom is 0.143 e. The first-order chi connectivity index (χ1) is 30.5. The van der Waals surface area contributed by atoms with Crippen molar-refractivity contribution >= 4 is 49.8 Å². The van der Waals surface area contributed by atoms with Crippen molar-refractivity contribution in [3.05, 3.63) is 210 Å². The zero-order chi connectivity index (χ0) is 41.2. The Morgan fingerprint density at radius 3 is 1.94 bits per heavy atom. The molecular weight excluding hydrogens is 751 g/mol. The Bertz CT molecular complexity index is 3450. The fourth-order valence-corrected chi connectivity index (χ4v) is 12.0. The number of anilines is 3. The Labute approximate surface area is 362 Å². The zero-order valence-electron chi connectivity index (χ0n) is 35.1. The van der Waals surface area contributed by atoms with Crippen LogP contribution in [0.25, 0.3) is 77.2 Å². The third-order valence-electron chi connectivity index (χ3n) is 14.8. The van der Waals surface area contributed by atoms with Crippen molar-refractivity contribution in [2.24, 2.45) is 0 Å². The Hall–Kier alpha value is -7.16. The number of furan rings is 1. The summed E-state index contributed by atoms with van der Waals surface area (Å²) in [4.78, 5) is 2.49. The van der Waals surface area contributed by atoms with Gasteiger partial charge in [-0.3, -0.25) is 0 Å². The minimum atomic E-state index is -0.116. The van der Waals surface area contributed by atoms with Crippen LogP contribution in [-0.2, 0) is 10.8 Å². The van der Waals surface area contributed by atoms with Crippen molar-refractivity contribution in [3.63, 3.8) is 0 Å². The fourth-order valence-electron chi connectivity index (χ4n) is 12.0. The van der Waals surface area contributed by atoms with Crippen molar-refractivity contribution in [2.45, 2.75) is 50.4 Å². The summed E-state index contributed by atoms with van der Waals surface area (Å²) in [5.74, 6) is 0. The molecule has 1 spiro atoms. The van der Waals surface area contributed by atoms with Gasteiger partial charge in [-0.05, 0) is 134 Å². The summed E-state index contributed by atoms with van der Waals surface area (Å²) < 4.78 is 6.60. The molecular formula is C60H45NO. The first kappa shape index (κ1) is 35.6. The maximum atomic E-state index is 6.60. The van der Waals surface area contributed by atoms with E-state index in [0.29, 0.717) is 0 Å². The molecule has 1 saturated carbocycles. The third-order valence-corrected chi connectivity index (χ3v) is 14.8. The van der Waals surface area contributed by atoms with E-state index in [2.05, 4.69) is 207 Å². The first-order valence-corrected chi connectivity index (χ1v) is 22.3. The zero-order valence-corrected chi connectivity index (χ0v) is 35.1. The van der Waals surface area contributed by atoms with Gasteiger partial charge < -0.3 is 9.32 Å². The highest BCUT2D eigenvalue weighted by atomic mass is 16.3. The molecule has 0 bridgehead atoms. The number of rotatable bonds is 5. The molecule has 10 aromatic rings. The molecule has 62 heavy (non-hydrogen) atoms. The molecule has 0 radical (unpaired) electrons. The average molecular weight is 796 g/mol. The van der Waals surface area contributed by atoms with Crippen LogP contribution < -0.4 is 4.90 Å². The normalized spacial score (nSPS) is 15.3. The van der Waals surface area contributed by atoms with Gasteiger partial charge in [0.2, 0.25) is 0 Å². The van der Waals surface area contributed by atoms with Gasteiger partial charge in [0.15, 0.2) is 0 Å². The fraction of sp³-hybridized carbons (Fsp3) is 0.133. The molecule has 1 fully saturated rings. The van der Waals surface area contributed by atoms with Crippen LogP contribution in [0.1, 0.15) is 61.8 Å². The van der Waals surface area contributed by atoms with Crippen LogP contribution >= 0.6 is 0 Å². The average Bonchev–Trinajstić information content (AvgIpc) is 4.09. The van der Waals surface area contributed by atoms with Crippen LogP contribution in [0.5, 0.6) is 0 Å². The molecule has 2 heteroatoms. The molecule has 0 unspecified atom stereocenters. The van der Waals surface area contributed by atoms with Gasteiger partial charge in [0.25, 0.3) is 0 Å². The van der Waals surface area contributed by atoms with Crippen LogP contribution in [0.15, 0.2) is 192 Å². The monoisotopic (exact) mass is 795 g/mol. The number of benzene rings is 9. The van der Waals surface area contributed by atoms with Crippen molar-refractivity contribution in [1.29, 1.82) is 0 Å². The summed E-state index contributed by atoms with van der Waals surface area (Å²) in [6.45, 7) is 4.77. The number of nitrogens with zero attached hydrogens (tertiary/aromatic N) is 1. The summed E-state index contributed by atoms with van der Waals surface area (Å²) in [5.41, 5.74) is 21.4. The van der Waals surface area contributed by atoms with Crippen molar-refractivity contribution in [2.75, 3.05) is 4.90 Å². The van der Waals surface area contributed by atoms with Crippen molar-refractivity contribution < 1.29 is 4.42 Å². The predicted octanol–water partition coefficient (Wildman–Crippen LogP) is 16.7. The lowest BCUT2D eigenvalue weighted by atomic mass is 9.76. The molecule has 0 atom stereocenters. The highest BCUT2D eigenvalue weighted by molar-refractivity contribution is 6.19. The van der Waals surface area contributed by atoms with E-state index >= 15 is 0 Å². The summed E-state index contributed by atoms with van der Waals surface area (Å²) in [5, 5.41) is 4.64. The van der Waals surface area contributed by atoms with E-state index in [0.717, 1.165) is 38.7 Å². The van der Waals surface area contributed by atoms with Gasteiger partial charge in [-0.1, -0.05) is 166 Å². The second kappa shape index (κ2) is 13.2. The number of fused-ring (bicyclic) bond motifs is 13. The van der Waals surface area contributed by atoms with Crippen LogP contribution in [0.4, 0.5) is 17.1 Å². The van der Waals surface area contributed by atoms with Gasteiger partial charge in [-0.15, -0.1) is 0 Å². The van der Waals surface area contributed by atoms with E-state index in [-0.39, 0.29) is 10.8 Å². The second-order valence-electron chi connectivity index (χ2n) is 18.3. The van der Waals surface area contributed by atoms with E-state index in [4.69, 9.17) is 4.42 Å². The molecule has 0 amide bonds. The lowest BCUT2D eigenvalue weighted by Gasteiger charge is -2.30. The van der Waals surface area contributed by atoms with Gasteiger partial charge in [-0.25, -0.2) is 0 Å².